The SMILES string of the molecule is COc1ccc(N2CC3CC2CN3S(=O)(=O)c2ccc(C)cc2)cc1. The van der Waals surface area contributed by atoms with Crippen molar-refractivity contribution in [2.45, 2.75) is 30.3 Å². The van der Waals surface area contributed by atoms with Crippen molar-refractivity contribution in [3.05, 3.63) is 54.1 Å². The number of ether oxygens (including phenoxy) is 1. The Kier molecular flexibility index (Phi) is 3.96. The van der Waals surface area contributed by atoms with E-state index in [1.54, 1.807) is 23.5 Å². The van der Waals surface area contributed by atoms with E-state index in [0.717, 1.165) is 30.0 Å². The summed E-state index contributed by atoms with van der Waals surface area (Å²) in [4.78, 5) is 2.70. The van der Waals surface area contributed by atoms with Gasteiger partial charge in [-0.15, -0.1) is 0 Å². The second-order valence-electron chi connectivity index (χ2n) is 6.78. The lowest BCUT2D eigenvalue weighted by Gasteiger charge is -2.35. The molecule has 2 aliphatic heterocycles. The molecule has 0 aliphatic carbocycles. The topological polar surface area (TPSA) is 49.9 Å². The van der Waals surface area contributed by atoms with Crippen LogP contribution in [0.2, 0.25) is 0 Å². The summed E-state index contributed by atoms with van der Waals surface area (Å²) in [5.74, 6) is 0.830. The van der Waals surface area contributed by atoms with Crippen molar-refractivity contribution < 1.29 is 13.2 Å². The molecule has 0 N–H and O–H groups in total. The Morgan fingerprint density at radius 1 is 0.960 bits per heavy atom. The van der Waals surface area contributed by atoms with E-state index in [2.05, 4.69) is 4.90 Å². The summed E-state index contributed by atoms with van der Waals surface area (Å²) in [7, 11) is -1.76. The van der Waals surface area contributed by atoms with Gasteiger partial charge in [0, 0.05) is 30.9 Å². The smallest absolute Gasteiger partial charge is 0.243 e. The predicted octanol–water partition coefficient (Wildman–Crippen LogP) is 2.66. The zero-order chi connectivity index (χ0) is 17.6. The molecule has 0 saturated carbocycles. The van der Waals surface area contributed by atoms with Crippen LogP contribution in [0.4, 0.5) is 5.69 Å². The number of methoxy groups -OCH3 is 1. The molecule has 0 amide bonds. The molecular formula is C19H22N2O3S. The maximum absolute atomic E-state index is 13.0. The molecule has 2 saturated heterocycles. The molecule has 0 radical (unpaired) electrons. The van der Waals surface area contributed by atoms with Crippen LogP contribution in [0.25, 0.3) is 0 Å². The minimum atomic E-state index is -3.42. The highest BCUT2D eigenvalue weighted by atomic mass is 32.2. The maximum atomic E-state index is 13.0. The fraction of sp³-hybridized carbons (Fsp3) is 0.368. The quantitative estimate of drug-likeness (QED) is 0.843. The first-order valence-corrected chi connectivity index (χ1v) is 9.92. The number of piperazine rings is 1. The van der Waals surface area contributed by atoms with Crippen LogP contribution in [0.3, 0.4) is 0 Å². The second kappa shape index (κ2) is 6.04. The van der Waals surface area contributed by atoms with E-state index in [-0.39, 0.29) is 12.1 Å². The average molecular weight is 358 g/mol. The number of anilines is 1. The van der Waals surface area contributed by atoms with Gasteiger partial charge in [-0.3, -0.25) is 0 Å². The molecule has 4 rings (SSSR count). The van der Waals surface area contributed by atoms with Crippen LogP contribution in [-0.4, -0.2) is 45.0 Å². The number of hydrogen-bond acceptors (Lipinski definition) is 4. The number of nitrogens with zero attached hydrogens (tertiary/aromatic N) is 2. The van der Waals surface area contributed by atoms with Crippen molar-refractivity contribution in [2.75, 3.05) is 25.1 Å². The molecule has 0 spiro atoms. The maximum Gasteiger partial charge on any atom is 0.243 e. The van der Waals surface area contributed by atoms with Crippen LogP contribution in [-0.2, 0) is 10.0 Å². The van der Waals surface area contributed by atoms with E-state index in [0.29, 0.717) is 11.4 Å². The normalized spacial score (nSPS) is 23.2. The molecule has 25 heavy (non-hydrogen) atoms. The van der Waals surface area contributed by atoms with Crippen LogP contribution in [0.5, 0.6) is 5.75 Å². The Hall–Kier alpha value is -2.05. The molecule has 6 heteroatoms. The summed E-state index contributed by atoms with van der Waals surface area (Å²) in [6.07, 6.45) is 0.886. The number of benzene rings is 2. The Morgan fingerprint density at radius 2 is 1.64 bits per heavy atom. The third kappa shape index (κ3) is 2.79. The number of aryl methyl sites for hydroxylation is 1. The Bertz CT molecular complexity index is 863. The van der Waals surface area contributed by atoms with Gasteiger partial charge in [0.05, 0.1) is 12.0 Å². The van der Waals surface area contributed by atoms with E-state index >= 15 is 0 Å². The molecule has 2 fully saturated rings. The van der Waals surface area contributed by atoms with Crippen molar-refractivity contribution in [1.82, 2.24) is 4.31 Å². The molecule has 2 heterocycles. The molecule has 2 aliphatic rings. The number of sulfonamides is 1. The van der Waals surface area contributed by atoms with E-state index in [4.69, 9.17) is 4.74 Å². The highest BCUT2D eigenvalue weighted by Gasteiger charge is 2.48. The van der Waals surface area contributed by atoms with Gasteiger partial charge in [-0.1, -0.05) is 17.7 Å². The third-order valence-corrected chi connectivity index (χ3v) is 7.15. The minimum Gasteiger partial charge on any atom is -0.497 e. The Labute approximate surface area is 148 Å². The van der Waals surface area contributed by atoms with Gasteiger partial charge in [-0.25, -0.2) is 8.42 Å². The molecule has 2 bridgehead atoms. The summed E-state index contributed by atoms with van der Waals surface area (Å²) in [6, 6.07) is 15.4. The summed E-state index contributed by atoms with van der Waals surface area (Å²) in [6.45, 7) is 3.25. The molecule has 5 nitrogen and oxygen atoms in total. The monoisotopic (exact) mass is 358 g/mol. The summed E-state index contributed by atoms with van der Waals surface area (Å²) in [5.41, 5.74) is 2.19. The van der Waals surface area contributed by atoms with Gasteiger partial charge < -0.3 is 9.64 Å². The second-order valence-corrected chi connectivity index (χ2v) is 8.67. The predicted molar refractivity (Wildman–Crippen MR) is 97.6 cm³/mol. The van der Waals surface area contributed by atoms with Crippen LogP contribution in [0, 0.1) is 6.92 Å². The highest BCUT2D eigenvalue weighted by Crippen LogP contribution is 2.38. The van der Waals surface area contributed by atoms with Crippen LogP contribution >= 0.6 is 0 Å². The average Bonchev–Trinajstić information content (AvgIpc) is 3.23. The van der Waals surface area contributed by atoms with Crippen molar-refractivity contribution in [1.29, 1.82) is 0 Å². The fourth-order valence-corrected chi connectivity index (χ4v) is 5.52. The van der Waals surface area contributed by atoms with Crippen molar-refractivity contribution >= 4 is 15.7 Å². The Morgan fingerprint density at radius 3 is 2.20 bits per heavy atom. The van der Waals surface area contributed by atoms with Gasteiger partial charge in [0.2, 0.25) is 10.0 Å². The van der Waals surface area contributed by atoms with Crippen LogP contribution in [0.15, 0.2) is 53.4 Å². The zero-order valence-electron chi connectivity index (χ0n) is 14.4. The lowest BCUT2D eigenvalue weighted by atomic mass is 10.2. The molecule has 2 aromatic rings. The molecule has 0 aromatic heterocycles. The van der Waals surface area contributed by atoms with Gasteiger partial charge in [0.15, 0.2) is 0 Å². The molecular weight excluding hydrogens is 336 g/mol. The van der Waals surface area contributed by atoms with Gasteiger partial charge >= 0.3 is 0 Å². The first-order chi connectivity index (χ1) is 12.0. The van der Waals surface area contributed by atoms with Crippen molar-refractivity contribution in [3.63, 3.8) is 0 Å². The Balaban J connectivity index is 1.53. The lowest BCUT2D eigenvalue weighted by Crippen LogP contribution is -2.48. The van der Waals surface area contributed by atoms with Crippen molar-refractivity contribution in [3.8, 4) is 5.75 Å². The third-order valence-electron chi connectivity index (χ3n) is 5.22. The van der Waals surface area contributed by atoms with Crippen LogP contribution < -0.4 is 9.64 Å². The first-order valence-electron chi connectivity index (χ1n) is 8.48. The highest BCUT2D eigenvalue weighted by molar-refractivity contribution is 7.89. The lowest BCUT2D eigenvalue weighted by molar-refractivity contribution is 0.368. The fourth-order valence-electron chi connectivity index (χ4n) is 3.86. The van der Waals surface area contributed by atoms with E-state index in [1.807, 2.05) is 43.3 Å². The standard InChI is InChI=1S/C19H22N2O3S/c1-14-3-9-19(10-4-14)25(22,23)21-13-16-11-17(21)12-20(16)15-5-7-18(24-2)8-6-15/h3-10,16-17H,11-13H2,1-2H3. The first kappa shape index (κ1) is 16.4. The molecule has 2 atom stereocenters. The molecule has 2 aromatic carbocycles. The summed E-state index contributed by atoms with van der Waals surface area (Å²) in [5, 5.41) is 0. The van der Waals surface area contributed by atoms with Gasteiger partial charge in [0.1, 0.15) is 5.75 Å². The molecule has 2 unspecified atom stereocenters. The largest absolute Gasteiger partial charge is 0.497 e. The van der Waals surface area contributed by atoms with Crippen molar-refractivity contribution in [2.24, 2.45) is 0 Å². The summed E-state index contributed by atoms with van der Waals surface area (Å²) < 4.78 is 32.8. The zero-order valence-corrected chi connectivity index (χ0v) is 15.2. The number of rotatable bonds is 4. The van der Waals surface area contributed by atoms with Gasteiger partial charge in [-0.05, 0) is 49.7 Å². The van der Waals surface area contributed by atoms with Gasteiger partial charge in [0.25, 0.3) is 0 Å². The van der Waals surface area contributed by atoms with Crippen LogP contribution in [0.1, 0.15) is 12.0 Å². The minimum absolute atomic E-state index is 0.0402. The molecule has 132 valence electrons. The van der Waals surface area contributed by atoms with Gasteiger partial charge in [-0.2, -0.15) is 4.31 Å². The van der Waals surface area contributed by atoms with E-state index in [9.17, 15) is 8.42 Å². The summed E-state index contributed by atoms with van der Waals surface area (Å²) >= 11 is 0. The van der Waals surface area contributed by atoms with E-state index in [1.165, 1.54) is 0 Å². The number of fused-ring (bicyclic) bond motifs is 2. The number of hydrogen-bond donors (Lipinski definition) is 0. The van der Waals surface area contributed by atoms with E-state index < -0.39 is 10.0 Å².